The minimum atomic E-state index is 0.380. The summed E-state index contributed by atoms with van der Waals surface area (Å²) >= 11 is 8.54. The Morgan fingerprint density at radius 3 is 2.95 bits per heavy atom. The molecule has 0 saturated heterocycles. The second-order valence-electron chi connectivity index (χ2n) is 4.23. The molecule has 100 valence electrons. The maximum atomic E-state index is 5.75. The number of nitrogens with zero attached hydrogens (tertiary/aromatic N) is 2. The number of anilines is 1. The van der Waals surface area contributed by atoms with Crippen molar-refractivity contribution in [2.75, 3.05) is 11.9 Å². The Balaban J connectivity index is 2.03. The van der Waals surface area contributed by atoms with Crippen LogP contribution in [0.5, 0.6) is 0 Å². The van der Waals surface area contributed by atoms with E-state index in [9.17, 15) is 0 Å². The van der Waals surface area contributed by atoms with Crippen molar-refractivity contribution >= 4 is 38.8 Å². The van der Waals surface area contributed by atoms with Crippen LogP contribution >= 0.6 is 28.1 Å². The first-order chi connectivity index (χ1) is 9.08. The summed E-state index contributed by atoms with van der Waals surface area (Å²) in [7, 11) is 0. The highest BCUT2D eigenvalue weighted by Crippen LogP contribution is 2.24. The van der Waals surface area contributed by atoms with E-state index in [1.54, 1.807) is 0 Å². The van der Waals surface area contributed by atoms with Gasteiger partial charge in [0.15, 0.2) is 0 Å². The first-order valence-corrected chi connectivity index (χ1v) is 7.09. The number of halogens is 1. The normalized spacial score (nSPS) is 10.4. The smallest absolute Gasteiger partial charge is 0.107 e. The lowest BCUT2D eigenvalue weighted by Crippen LogP contribution is -2.16. The number of hydrogen-bond donors (Lipinski definition) is 2. The number of nitrogens with two attached hydrogens (primary N) is 1. The summed E-state index contributed by atoms with van der Waals surface area (Å²) in [5.74, 6) is 0. The zero-order chi connectivity index (χ0) is 13.8. The van der Waals surface area contributed by atoms with Gasteiger partial charge in [0, 0.05) is 28.5 Å². The minimum absolute atomic E-state index is 0.380. The molecule has 1 aromatic carbocycles. The zero-order valence-electron chi connectivity index (χ0n) is 10.6. The van der Waals surface area contributed by atoms with Crippen LogP contribution in [0.15, 0.2) is 35.1 Å². The Labute approximate surface area is 126 Å². The van der Waals surface area contributed by atoms with Gasteiger partial charge in [0.05, 0.1) is 12.7 Å². The summed E-state index contributed by atoms with van der Waals surface area (Å²) < 4.78 is 2.81. The average Bonchev–Trinajstić information content (AvgIpc) is 2.74. The maximum Gasteiger partial charge on any atom is 0.107 e. The molecule has 0 saturated carbocycles. The van der Waals surface area contributed by atoms with Crippen LogP contribution in [0, 0.1) is 6.92 Å². The first-order valence-electron chi connectivity index (χ1n) is 5.89. The molecule has 0 radical (unpaired) electrons. The van der Waals surface area contributed by atoms with E-state index >= 15 is 0 Å². The van der Waals surface area contributed by atoms with E-state index < -0.39 is 0 Å². The highest BCUT2D eigenvalue weighted by atomic mass is 79.9. The van der Waals surface area contributed by atoms with Gasteiger partial charge in [0.25, 0.3) is 0 Å². The summed E-state index contributed by atoms with van der Waals surface area (Å²) in [5.41, 5.74) is 8.68. The van der Waals surface area contributed by atoms with Crippen molar-refractivity contribution in [3.05, 3.63) is 46.2 Å². The van der Waals surface area contributed by atoms with Crippen molar-refractivity contribution in [2.24, 2.45) is 5.73 Å². The molecular weight excluding hydrogens is 324 g/mol. The van der Waals surface area contributed by atoms with Gasteiger partial charge in [-0.2, -0.15) is 5.10 Å². The Morgan fingerprint density at radius 2 is 2.32 bits per heavy atom. The fourth-order valence-electron chi connectivity index (χ4n) is 1.82. The van der Waals surface area contributed by atoms with Crippen LogP contribution in [0.1, 0.15) is 11.1 Å². The van der Waals surface area contributed by atoms with Crippen molar-refractivity contribution in [3.63, 3.8) is 0 Å². The molecule has 0 spiro atoms. The van der Waals surface area contributed by atoms with E-state index in [1.807, 2.05) is 42.2 Å². The minimum Gasteiger partial charge on any atom is -0.389 e. The van der Waals surface area contributed by atoms with E-state index in [0.717, 1.165) is 34.4 Å². The molecule has 2 aromatic rings. The van der Waals surface area contributed by atoms with E-state index in [-0.39, 0.29) is 0 Å². The summed E-state index contributed by atoms with van der Waals surface area (Å²) in [6.45, 7) is 3.57. The standard InChI is InChI=1S/C13H15BrN4S/c1-9-7-17-18(8-9)6-5-16-11-4-2-3-10(14)12(11)13(15)19/h2-4,7-8,16H,5-6H2,1H3,(H2,15,19). The molecule has 2 rings (SSSR count). The lowest BCUT2D eigenvalue weighted by atomic mass is 10.2. The van der Waals surface area contributed by atoms with Crippen LogP contribution in [0.4, 0.5) is 5.69 Å². The number of aromatic nitrogens is 2. The Morgan fingerprint density at radius 1 is 1.53 bits per heavy atom. The third-order valence-corrected chi connectivity index (χ3v) is 3.54. The molecule has 1 heterocycles. The lowest BCUT2D eigenvalue weighted by Gasteiger charge is -2.12. The van der Waals surface area contributed by atoms with E-state index in [0.29, 0.717) is 4.99 Å². The Hall–Kier alpha value is -1.40. The fraction of sp³-hybridized carbons (Fsp3) is 0.231. The van der Waals surface area contributed by atoms with Gasteiger partial charge >= 0.3 is 0 Å². The van der Waals surface area contributed by atoms with Crippen molar-refractivity contribution in [3.8, 4) is 0 Å². The van der Waals surface area contributed by atoms with Gasteiger partial charge in [0.2, 0.25) is 0 Å². The molecule has 0 aliphatic rings. The van der Waals surface area contributed by atoms with Gasteiger partial charge in [0.1, 0.15) is 4.99 Å². The van der Waals surface area contributed by atoms with Crippen molar-refractivity contribution in [1.82, 2.24) is 9.78 Å². The zero-order valence-corrected chi connectivity index (χ0v) is 13.0. The SMILES string of the molecule is Cc1cnn(CCNc2cccc(Br)c2C(N)=S)c1. The maximum absolute atomic E-state index is 5.75. The number of hydrogen-bond acceptors (Lipinski definition) is 3. The summed E-state index contributed by atoms with van der Waals surface area (Å²) in [6, 6.07) is 5.84. The van der Waals surface area contributed by atoms with E-state index in [2.05, 4.69) is 26.3 Å². The Bertz CT molecular complexity index is 594. The number of rotatable bonds is 5. The van der Waals surface area contributed by atoms with E-state index in [1.165, 1.54) is 0 Å². The summed E-state index contributed by atoms with van der Waals surface area (Å²) in [4.78, 5) is 0.380. The van der Waals surface area contributed by atoms with Gasteiger partial charge in [-0.15, -0.1) is 0 Å². The highest BCUT2D eigenvalue weighted by molar-refractivity contribution is 9.10. The van der Waals surface area contributed by atoms with Crippen molar-refractivity contribution < 1.29 is 0 Å². The third-order valence-electron chi connectivity index (χ3n) is 2.68. The molecule has 1 aromatic heterocycles. The molecule has 0 aliphatic heterocycles. The summed E-state index contributed by atoms with van der Waals surface area (Å²) in [6.07, 6.45) is 3.86. The quantitative estimate of drug-likeness (QED) is 0.823. The topological polar surface area (TPSA) is 55.9 Å². The molecule has 4 nitrogen and oxygen atoms in total. The van der Waals surface area contributed by atoms with Crippen LogP contribution in [0.25, 0.3) is 0 Å². The second-order valence-corrected chi connectivity index (χ2v) is 5.53. The summed E-state index contributed by atoms with van der Waals surface area (Å²) in [5, 5.41) is 7.57. The molecule has 3 N–H and O–H groups in total. The van der Waals surface area contributed by atoms with Crippen LogP contribution in [0.2, 0.25) is 0 Å². The Kier molecular flexibility index (Phi) is 4.55. The number of nitrogens with one attached hydrogen (secondary N) is 1. The molecule has 0 aliphatic carbocycles. The van der Waals surface area contributed by atoms with Crippen LogP contribution < -0.4 is 11.1 Å². The first kappa shape index (κ1) is 14.0. The number of thiocarbonyl (C=S) groups is 1. The molecule has 19 heavy (non-hydrogen) atoms. The number of benzene rings is 1. The van der Waals surface area contributed by atoms with Crippen molar-refractivity contribution in [2.45, 2.75) is 13.5 Å². The second kappa shape index (κ2) is 6.16. The molecular formula is C13H15BrN4S. The van der Waals surface area contributed by atoms with E-state index in [4.69, 9.17) is 18.0 Å². The predicted molar refractivity (Wildman–Crippen MR) is 85.5 cm³/mol. The average molecular weight is 339 g/mol. The van der Waals surface area contributed by atoms with Gasteiger partial charge in [-0.3, -0.25) is 4.68 Å². The van der Waals surface area contributed by atoms with Gasteiger partial charge in [-0.25, -0.2) is 0 Å². The molecule has 0 fully saturated rings. The molecule has 0 amide bonds. The molecule has 0 bridgehead atoms. The molecule has 0 unspecified atom stereocenters. The lowest BCUT2D eigenvalue weighted by molar-refractivity contribution is 0.637. The van der Waals surface area contributed by atoms with Gasteiger partial charge in [-0.05, 0) is 40.5 Å². The number of aryl methyl sites for hydroxylation is 1. The van der Waals surface area contributed by atoms with Crippen LogP contribution in [-0.4, -0.2) is 21.3 Å². The van der Waals surface area contributed by atoms with Crippen LogP contribution in [-0.2, 0) is 6.54 Å². The predicted octanol–water partition coefficient (Wildman–Crippen LogP) is 2.70. The fourth-order valence-corrected chi connectivity index (χ4v) is 2.75. The molecule has 6 heteroatoms. The third kappa shape index (κ3) is 3.54. The van der Waals surface area contributed by atoms with Gasteiger partial charge in [-0.1, -0.05) is 18.3 Å². The molecule has 0 atom stereocenters. The largest absolute Gasteiger partial charge is 0.389 e. The van der Waals surface area contributed by atoms with Gasteiger partial charge < -0.3 is 11.1 Å². The highest BCUT2D eigenvalue weighted by Gasteiger charge is 2.08. The van der Waals surface area contributed by atoms with Crippen LogP contribution in [0.3, 0.4) is 0 Å². The monoisotopic (exact) mass is 338 g/mol. The van der Waals surface area contributed by atoms with Crippen molar-refractivity contribution in [1.29, 1.82) is 0 Å².